The van der Waals surface area contributed by atoms with E-state index in [-0.39, 0.29) is 0 Å². The first-order valence-electron chi connectivity index (χ1n) is 5.65. The number of fused-ring (bicyclic) bond motifs is 1. The Morgan fingerprint density at radius 2 is 2.06 bits per heavy atom. The van der Waals surface area contributed by atoms with E-state index >= 15 is 0 Å². The molecule has 0 radical (unpaired) electrons. The van der Waals surface area contributed by atoms with Gasteiger partial charge < -0.3 is 0 Å². The lowest BCUT2D eigenvalue weighted by atomic mass is 10.1. The van der Waals surface area contributed by atoms with Crippen molar-refractivity contribution >= 4 is 11.9 Å². The van der Waals surface area contributed by atoms with Crippen LogP contribution in [-0.2, 0) is 0 Å². The third-order valence-electron chi connectivity index (χ3n) is 2.88. The van der Waals surface area contributed by atoms with E-state index < -0.39 is 0 Å². The van der Waals surface area contributed by atoms with Gasteiger partial charge >= 0.3 is 0 Å². The van der Waals surface area contributed by atoms with E-state index in [1.165, 1.54) is 0 Å². The molecule has 0 aliphatic rings. The average Bonchev–Trinajstić information content (AvgIpc) is 2.81. The van der Waals surface area contributed by atoms with Crippen molar-refractivity contribution in [3.63, 3.8) is 0 Å². The normalized spacial score (nSPS) is 10.7. The number of aryl methyl sites for hydroxylation is 1. The largest absolute Gasteiger partial charge is 0.298 e. The summed E-state index contributed by atoms with van der Waals surface area (Å²) in [6, 6.07) is 11.4. The minimum atomic E-state index is 0.603. The highest BCUT2D eigenvalue weighted by molar-refractivity contribution is 5.76. The molecular weight excluding hydrogens is 226 g/mol. The maximum absolute atomic E-state index is 10.7. The lowest BCUT2D eigenvalue weighted by Gasteiger charge is -1.98. The summed E-state index contributed by atoms with van der Waals surface area (Å²) in [5, 5.41) is 4.41. The first-order valence-corrected chi connectivity index (χ1v) is 5.65. The molecule has 2 heterocycles. The second-order valence-corrected chi connectivity index (χ2v) is 4.13. The van der Waals surface area contributed by atoms with Gasteiger partial charge in [-0.1, -0.05) is 24.3 Å². The van der Waals surface area contributed by atoms with E-state index in [2.05, 4.69) is 10.1 Å². The third kappa shape index (κ3) is 1.68. The number of aromatic nitrogens is 3. The Balaban J connectivity index is 2.19. The van der Waals surface area contributed by atoms with Crippen molar-refractivity contribution in [2.45, 2.75) is 6.92 Å². The van der Waals surface area contributed by atoms with Crippen molar-refractivity contribution in [1.29, 1.82) is 0 Å². The standard InChI is InChI=1S/C14H11N3O/c1-10-4-2-3-5-12(10)14-15-13-8-11(9-18)6-7-17(13)16-14/h2-9H,1H3. The van der Waals surface area contributed by atoms with E-state index in [9.17, 15) is 4.79 Å². The van der Waals surface area contributed by atoms with Crippen LogP contribution in [0.2, 0.25) is 0 Å². The molecule has 18 heavy (non-hydrogen) atoms. The SMILES string of the molecule is Cc1ccccc1-c1nc2cc(C=O)ccn2n1. The highest BCUT2D eigenvalue weighted by Crippen LogP contribution is 2.20. The molecule has 0 atom stereocenters. The van der Waals surface area contributed by atoms with E-state index in [0.29, 0.717) is 17.0 Å². The Kier molecular flexibility index (Phi) is 2.41. The fourth-order valence-corrected chi connectivity index (χ4v) is 1.91. The van der Waals surface area contributed by atoms with Gasteiger partial charge in [-0.2, -0.15) is 0 Å². The molecule has 0 fully saturated rings. The number of nitrogens with zero attached hydrogens (tertiary/aromatic N) is 3. The zero-order valence-corrected chi connectivity index (χ0v) is 9.87. The molecule has 1 aromatic carbocycles. The summed E-state index contributed by atoms with van der Waals surface area (Å²) < 4.78 is 1.68. The molecule has 3 aromatic rings. The summed E-state index contributed by atoms with van der Waals surface area (Å²) in [5.41, 5.74) is 3.42. The molecule has 0 amide bonds. The number of carbonyl (C=O) groups excluding carboxylic acids is 1. The number of aldehydes is 1. The molecule has 0 saturated carbocycles. The summed E-state index contributed by atoms with van der Waals surface area (Å²) in [6.07, 6.45) is 2.55. The molecule has 3 rings (SSSR count). The van der Waals surface area contributed by atoms with Crippen LogP contribution >= 0.6 is 0 Å². The van der Waals surface area contributed by atoms with Gasteiger partial charge in [-0.15, -0.1) is 5.10 Å². The summed E-state index contributed by atoms with van der Waals surface area (Å²) in [4.78, 5) is 15.2. The molecule has 0 spiro atoms. The number of carbonyl (C=O) groups is 1. The molecule has 0 bridgehead atoms. The van der Waals surface area contributed by atoms with Crippen LogP contribution in [0.15, 0.2) is 42.6 Å². The molecule has 4 nitrogen and oxygen atoms in total. The highest BCUT2D eigenvalue weighted by atomic mass is 16.1. The second kappa shape index (κ2) is 4.07. The molecule has 0 N–H and O–H groups in total. The van der Waals surface area contributed by atoms with Crippen LogP contribution in [-0.4, -0.2) is 20.9 Å². The maximum atomic E-state index is 10.7. The summed E-state index contributed by atoms with van der Waals surface area (Å²) in [7, 11) is 0. The third-order valence-corrected chi connectivity index (χ3v) is 2.88. The number of pyridine rings is 1. The van der Waals surface area contributed by atoms with E-state index in [0.717, 1.165) is 17.4 Å². The van der Waals surface area contributed by atoms with Gasteiger partial charge in [0.1, 0.15) is 6.29 Å². The lowest BCUT2D eigenvalue weighted by molar-refractivity contribution is 0.112. The predicted molar refractivity (Wildman–Crippen MR) is 68.5 cm³/mol. The highest BCUT2D eigenvalue weighted by Gasteiger charge is 2.08. The van der Waals surface area contributed by atoms with Crippen LogP contribution in [0.25, 0.3) is 17.0 Å². The molecule has 0 saturated heterocycles. The number of benzene rings is 1. The van der Waals surface area contributed by atoms with Gasteiger partial charge in [-0.3, -0.25) is 4.79 Å². The Hall–Kier alpha value is -2.49. The average molecular weight is 237 g/mol. The van der Waals surface area contributed by atoms with Crippen LogP contribution in [0.4, 0.5) is 0 Å². The molecule has 4 heteroatoms. The minimum absolute atomic E-state index is 0.603. The van der Waals surface area contributed by atoms with Crippen LogP contribution in [0.5, 0.6) is 0 Å². The van der Waals surface area contributed by atoms with Crippen LogP contribution in [0.1, 0.15) is 15.9 Å². The van der Waals surface area contributed by atoms with E-state index in [1.54, 1.807) is 22.8 Å². The number of hydrogen-bond acceptors (Lipinski definition) is 3. The molecule has 0 unspecified atom stereocenters. The molecule has 0 aliphatic heterocycles. The zero-order valence-electron chi connectivity index (χ0n) is 9.87. The van der Waals surface area contributed by atoms with Gasteiger partial charge in [0, 0.05) is 17.3 Å². The summed E-state index contributed by atoms with van der Waals surface area (Å²) in [6.45, 7) is 2.03. The summed E-state index contributed by atoms with van der Waals surface area (Å²) in [5.74, 6) is 0.677. The van der Waals surface area contributed by atoms with Crippen molar-refractivity contribution in [2.75, 3.05) is 0 Å². The van der Waals surface area contributed by atoms with Crippen molar-refractivity contribution in [3.05, 3.63) is 53.7 Å². The lowest BCUT2D eigenvalue weighted by Crippen LogP contribution is -1.89. The molecule has 88 valence electrons. The van der Waals surface area contributed by atoms with Crippen molar-refractivity contribution in [3.8, 4) is 11.4 Å². The van der Waals surface area contributed by atoms with Gasteiger partial charge in [0.05, 0.1) is 0 Å². The Morgan fingerprint density at radius 3 is 2.83 bits per heavy atom. The minimum Gasteiger partial charge on any atom is -0.298 e. The fraction of sp³-hybridized carbons (Fsp3) is 0.0714. The topological polar surface area (TPSA) is 47.3 Å². The first-order chi connectivity index (χ1) is 8.78. The Morgan fingerprint density at radius 1 is 1.22 bits per heavy atom. The van der Waals surface area contributed by atoms with Crippen LogP contribution < -0.4 is 0 Å². The first kappa shape index (κ1) is 10.7. The molecular formula is C14H11N3O. The van der Waals surface area contributed by atoms with Crippen molar-refractivity contribution in [1.82, 2.24) is 14.6 Å². The number of hydrogen-bond donors (Lipinski definition) is 0. The van der Waals surface area contributed by atoms with Crippen molar-refractivity contribution in [2.24, 2.45) is 0 Å². The molecule has 0 aliphatic carbocycles. The van der Waals surface area contributed by atoms with E-state index in [1.807, 2.05) is 31.2 Å². The predicted octanol–water partition coefficient (Wildman–Crippen LogP) is 2.52. The second-order valence-electron chi connectivity index (χ2n) is 4.13. The molecule has 2 aromatic heterocycles. The van der Waals surface area contributed by atoms with Gasteiger partial charge in [-0.05, 0) is 24.6 Å². The number of rotatable bonds is 2. The zero-order chi connectivity index (χ0) is 12.5. The summed E-state index contributed by atoms with van der Waals surface area (Å²) >= 11 is 0. The Bertz CT molecular complexity index is 731. The fourth-order valence-electron chi connectivity index (χ4n) is 1.91. The van der Waals surface area contributed by atoms with Crippen LogP contribution in [0, 0.1) is 6.92 Å². The van der Waals surface area contributed by atoms with Crippen LogP contribution in [0.3, 0.4) is 0 Å². The Labute approximate surface area is 104 Å². The van der Waals surface area contributed by atoms with E-state index in [4.69, 9.17) is 0 Å². The smallest absolute Gasteiger partial charge is 0.182 e. The van der Waals surface area contributed by atoms with Gasteiger partial charge in [0.15, 0.2) is 11.5 Å². The van der Waals surface area contributed by atoms with Gasteiger partial charge in [0.2, 0.25) is 0 Å². The quantitative estimate of drug-likeness (QED) is 0.643. The van der Waals surface area contributed by atoms with Crippen molar-refractivity contribution < 1.29 is 4.79 Å². The van der Waals surface area contributed by atoms with Gasteiger partial charge in [-0.25, -0.2) is 9.50 Å². The monoisotopic (exact) mass is 237 g/mol. The maximum Gasteiger partial charge on any atom is 0.182 e. The van der Waals surface area contributed by atoms with Gasteiger partial charge in [0.25, 0.3) is 0 Å².